The first-order chi connectivity index (χ1) is 8.26. The molecule has 0 atom stereocenters. The van der Waals surface area contributed by atoms with E-state index in [0.29, 0.717) is 6.54 Å². The van der Waals surface area contributed by atoms with Gasteiger partial charge < -0.3 is 10.7 Å². The molecule has 2 rings (SSSR count). The van der Waals surface area contributed by atoms with E-state index >= 15 is 0 Å². The van der Waals surface area contributed by atoms with Gasteiger partial charge in [-0.1, -0.05) is 36.7 Å². The highest BCUT2D eigenvalue weighted by atomic mass is 35.5. The highest BCUT2D eigenvalue weighted by molar-refractivity contribution is 6.33. The minimum Gasteiger partial charge on any atom is -0.345 e. The van der Waals surface area contributed by atoms with E-state index in [2.05, 4.69) is 16.9 Å². The standard InChI is InChI=1S/C13H16ClN3/c1-2-11-13(17-12(16-11)7-8-15)9-5-3-4-6-10(9)14/h3-6H,2,7-8,15H2,1H3,(H,16,17). The van der Waals surface area contributed by atoms with Crippen LogP contribution in [-0.2, 0) is 12.8 Å². The quantitative estimate of drug-likeness (QED) is 0.876. The third-order valence-electron chi connectivity index (χ3n) is 2.69. The number of hydrogen-bond acceptors (Lipinski definition) is 2. The van der Waals surface area contributed by atoms with E-state index in [1.54, 1.807) is 0 Å². The van der Waals surface area contributed by atoms with Crippen molar-refractivity contribution in [1.29, 1.82) is 0 Å². The van der Waals surface area contributed by atoms with E-state index in [1.165, 1.54) is 0 Å². The molecule has 0 aliphatic heterocycles. The second-order valence-corrected chi connectivity index (χ2v) is 4.29. The molecule has 90 valence electrons. The molecule has 2 aromatic rings. The molecule has 1 aromatic heterocycles. The normalized spacial score (nSPS) is 10.8. The highest BCUT2D eigenvalue weighted by Crippen LogP contribution is 2.29. The van der Waals surface area contributed by atoms with Crippen LogP contribution in [0.25, 0.3) is 11.3 Å². The Balaban J connectivity index is 2.47. The summed E-state index contributed by atoms with van der Waals surface area (Å²) in [5.74, 6) is 0.930. The Morgan fingerprint density at radius 2 is 2.12 bits per heavy atom. The number of halogens is 1. The zero-order valence-electron chi connectivity index (χ0n) is 9.83. The predicted octanol–water partition coefficient (Wildman–Crippen LogP) is 2.79. The average Bonchev–Trinajstić information content (AvgIpc) is 2.73. The molecule has 1 aromatic carbocycles. The van der Waals surface area contributed by atoms with Crippen LogP contribution in [0.5, 0.6) is 0 Å². The van der Waals surface area contributed by atoms with Crippen LogP contribution in [-0.4, -0.2) is 16.5 Å². The predicted molar refractivity (Wildman–Crippen MR) is 71.2 cm³/mol. The summed E-state index contributed by atoms with van der Waals surface area (Å²) in [6.07, 6.45) is 1.66. The van der Waals surface area contributed by atoms with Crippen molar-refractivity contribution in [3.05, 3.63) is 40.8 Å². The molecule has 17 heavy (non-hydrogen) atoms. The fourth-order valence-corrected chi connectivity index (χ4v) is 2.08. The summed E-state index contributed by atoms with van der Waals surface area (Å²) in [7, 11) is 0. The molecule has 0 aliphatic carbocycles. The summed E-state index contributed by atoms with van der Waals surface area (Å²) < 4.78 is 0. The molecule has 0 amide bonds. The highest BCUT2D eigenvalue weighted by Gasteiger charge is 2.12. The molecule has 0 bridgehead atoms. The lowest BCUT2D eigenvalue weighted by atomic mass is 10.1. The topological polar surface area (TPSA) is 54.7 Å². The molecule has 0 spiro atoms. The van der Waals surface area contributed by atoms with Gasteiger partial charge in [0.1, 0.15) is 5.82 Å². The van der Waals surface area contributed by atoms with Gasteiger partial charge in [0.05, 0.1) is 10.7 Å². The van der Waals surface area contributed by atoms with E-state index in [1.807, 2.05) is 24.3 Å². The average molecular weight is 250 g/mol. The zero-order chi connectivity index (χ0) is 12.3. The van der Waals surface area contributed by atoms with Gasteiger partial charge in [-0.3, -0.25) is 0 Å². The van der Waals surface area contributed by atoms with Crippen molar-refractivity contribution in [2.75, 3.05) is 6.54 Å². The maximum absolute atomic E-state index is 6.20. The lowest BCUT2D eigenvalue weighted by Crippen LogP contribution is -2.03. The monoisotopic (exact) mass is 249 g/mol. The summed E-state index contributed by atoms with van der Waals surface area (Å²) in [4.78, 5) is 7.89. The second kappa shape index (κ2) is 5.34. The van der Waals surface area contributed by atoms with Crippen LogP contribution in [0.4, 0.5) is 0 Å². The lowest BCUT2D eigenvalue weighted by Gasteiger charge is -2.02. The van der Waals surface area contributed by atoms with E-state index in [4.69, 9.17) is 17.3 Å². The van der Waals surface area contributed by atoms with Crippen molar-refractivity contribution >= 4 is 11.6 Å². The molecule has 0 aliphatic rings. The first kappa shape index (κ1) is 12.1. The number of aryl methyl sites for hydroxylation is 1. The van der Waals surface area contributed by atoms with Crippen molar-refractivity contribution in [1.82, 2.24) is 9.97 Å². The van der Waals surface area contributed by atoms with E-state index in [0.717, 1.165) is 40.6 Å². The van der Waals surface area contributed by atoms with Crippen molar-refractivity contribution in [3.63, 3.8) is 0 Å². The third kappa shape index (κ3) is 2.51. The molecule has 0 saturated carbocycles. The maximum atomic E-state index is 6.20. The van der Waals surface area contributed by atoms with Gasteiger partial charge >= 0.3 is 0 Å². The maximum Gasteiger partial charge on any atom is 0.108 e. The van der Waals surface area contributed by atoms with E-state index in [-0.39, 0.29) is 0 Å². The van der Waals surface area contributed by atoms with Gasteiger partial charge in [0.25, 0.3) is 0 Å². The Morgan fingerprint density at radius 3 is 2.76 bits per heavy atom. The van der Waals surface area contributed by atoms with E-state index in [9.17, 15) is 0 Å². The largest absolute Gasteiger partial charge is 0.345 e. The van der Waals surface area contributed by atoms with Crippen molar-refractivity contribution in [2.24, 2.45) is 5.73 Å². The van der Waals surface area contributed by atoms with Crippen LogP contribution in [0, 0.1) is 0 Å². The number of nitrogens with zero attached hydrogens (tertiary/aromatic N) is 1. The molecule has 3 N–H and O–H groups in total. The number of aromatic amines is 1. The first-order valence-electron chi connectivity index (χ1n) is 5.79. The van der Waals surface area contributed by atoms with Crippen molar-refractivity contribution in [2.45, 2.75) is 19.8 Å². The molecular formula is C13H16ClN3. The van der Waals surface area contributed by atoms with Crippen LogP contribution in [0.3, 0.4) is 0 Å². The lowest BCUT2D eigenvalue weighted by molar-refractivity contribution is 0.885. The molecule has 0 saturated heterocycles. The third-order valence-corrected chi connectivity index (χ3v) is 3.02. The number of nitrogens with two attached hydrogens (primary N) is 1. The molecule has 1 heterocycles. The zero-order valence-corrected chi connectivity index (χ0v) is 10.6. The fourth-order valence-electron chi connectivity index (χ4n) is 1.85. The van der Waals surface area contributed by atoms with Crippen LogP contribution in [0.15, 0.2) is 24.3 Å². The molecular weight excluding hydrogens is 234 g/mol. The van der Waals surface area contributed by atoms with Gasteiger partial charge in [0.15, 0.2) is 0 Å². The fraction of sp³-hybridized carbons (Fsp3) is 0.308. The van der Waals surface area contributed by atoms with Crippen LogP contribution < -0.4 is 5.73 Å². The number of imidazole rings is 1. The Labute approximate surface area is 106 Å². The molecule has 0 fully saturated rings. The summed E-state index contributed by atoms with van der Waals surface area (Å²) in [5, 5.41) is 0.730. The van der Waals surface area contributed by atoms with Crippen molar-refractivity contribution < 1.29 is 0 Å². The summed E-state index contributed by atoms with van der Waals surface area (Å²) in [6, 6.07) is 7.76. The second-order valence-electron chi connectivity index (χ2n) is 3.88. The molecule has 0 unspecified atom stereocenters. The van der Waals surface area contributed by atoms with Gasteiger partial charge in [-0.05, 0) is 19.0 Å². The number of rotatable bonds is 4. The molecule has 3 nitrogen and oxygen atoms in total. The number of aromatic nitrogens is 2. The SMILES string of the molecule is CCc1[nH]c(CCN)nc1-c1ccccc1Cl. The molecule has 4 heteroatoms. The minimum atomic E-state index is 0.596. The van der Waals surface area contributed by atoms with Crippen LogP contribution in [0.2, 0.25) is 5.02 Å². The Hall–Kier alpha value is -1.32. The van der Waals surface area contributed by atoms with Crippen LogP contribution in [0.1, 0.15) is 18.4 Å². The van der Waals surface area contributed by atoms with Crippen molar-refractivity contribution in [3.8, 4) is 11.3 Å². The number of hydrogen-bond donors (Lipinski definition) is 2. The van der Waals surface area contributed by atoms with Gasteiger partial charge in [-0.15, -0.1) is 0 Å². The van der Waals surface area contributed by atoms with Gasteiger partial charge in [0, 0.05) is 17.7 Å². The Morgan fingerprint density at radius 1 is 1.35 bits per heavy atom. The Bertz CT molecular complexity index is 505. The van der Waals surface area contributed by atoms with Gasteiger partial charge in [0.2, 0.25) is 0 Å². The van der Waals surface area contributed by atoms with Gasteiger partial charge in [-0.25, -0.2) is 4.98 Å². The Kier molecular flexibility index (Phi) is 3.82. The number of H-pyrrole nitrogens is 1. The molecule has 0 radical (unpaired) electrons. The summed E-state index contributed by atoms with van der Waals surface area (Å²) in [6.45, 7) is 2.69. The minimum absolute atomic E-state index is 0.596. The first-order valence-corrected chi connectivity index (χ1v) is 6.16. The number of benzene rings is 1. The number of nitrogens with one attached hydrogen (secondary N) is 1. The summed E-state index contributed by atoms with van der Waals surface area (Å²) >= 11 is 6.20. The van der Waals surface area contributed by atoms with Crippen LogP contribution >= 0.6 is 11.6 Å². The summed E-state index contributed by atoms with van der Waals surface area (Å²) in [5.41, 5.74) is 8.58. The van der Waals surface area contributed by atoms with E-state index < -0.39 is 0 Å². The van der Waals surface area contributed by atoms with Gasteiger partial charge in [-0.2, -0.15) is 0 Å². The smallest absolute Gasteiger partial charge is 0.108 e.